The zero-order valence-corrected chi connectivity index (χ0v) is 8.64. The summed E-state index contributed by atoms with van der Waals surface area (Å²) in [4.78, 5) is 15.1. The number of hydrogen-bond acceptors (Lipinski definition) is 3. The number of carbonyl (C=O) groups is 1. The molecule has 3 nitrogen and oxygen atoms in total. The SMILES string of the molecule is C=C(Nc1ccc(Cl)cn1)C(=O)CC. The first kappa shape index (κ1) is 10.7. The third kappa shape index (κ3) is 2.85. The van der Waals surface area contributed by atoms with Gasteiger partial charge in [0.25, 0.3) is 0 Å². The molecule has 0 spiro atoms. The van der Waals surface area contributed by atoms with E-state index in [2.05, 4.69) is 16.9 Å². The minimum atomic E-state index is -0.0262. The second-order valence-corrected chi connectivity index (χ2v) is 3.18. The molecule has 4 heteroatoms. The van der Waals surface area contributed by atoms with Crippen LogP contribution in [0.1, 0.15) is 13.3 Å². The first-order chi connectivity index (χ1) is 6.63. The Morgan fingerprint density at radius 1 is 1.64 bits per heavy atom. The van der Waals surface area contributed by atoms with Gasteiger partial charge in [-0.2, -0.15) is 0 Å². The van der Waals surface area contributed by atoms with Crippen molar-refractivity contribution in [1.82, 2.24) is 4.98 Å². The highest BCUT2D eigenvalue weighted by Gasteiger charge is 2.04. The molecule has 0 amide bonds. The largest absolute Gasteiger partial charge is 0.338 e. The summed E-state index contributed by atoms with van der Waals surface area (Å²) in [6, 6.07) is 3.39. The van der Waals surface area contributed by atoms with Crippen molar-refractivity contribution in [3.8, 4) is 0 Å². The van der Waals surface area contributed by atoms with Crippen LogP contribution in [0.15, 0.2) is 30.6 Å². The predicted octanol–water partition coefficient (Wildman–Crippen LogP) is 2.64. The Labute approximate surface area is 87.8 Å². The molecule has 0 unspecified atom stereocenters. The van der Waals surface area contributed by atoms with E-state index in [0.29, 0.717) is 23.0 Å². The van der Waals surface area contributed by atoms with Gasteiger partial charge in [0.2, 0.25) is 0 Å². The molecule has 0 aromatic carbocycles. The van der Waals surface area contributed by atoms with Crippen molar-refractivity contribution in [2.75, 3.05) is 5.32 Å². The maximum atomic E-state index is 11.2. The van der Waals surface area contributed by atoms with Gasteiger partial charge in [-0.15, -0.1) is 0 Å². The van der Waals surface area contributed by atoms with Crippen molar-refractivity contribution in [3.05, 3.63) is 35.6 Å². The summed E-state index contributed by atoms with van der Waals surface area (Å²) in [5, 5.41) is 3.36. The Bertz CT molecular complexity index is 346. The first-order valence-electron chi connectivity index (χ1n) is 4.24. The lowest BCUT2D eigenvalue weighted by Crippen LogP contribution is -2.09. The van der Waals surface area contributed by atoms with Crippen molar-refractivity contribution in [2.24, 2.45) is 0 Å². The third-order valence-electron chi connectivity index (χ3n) is 1.66. The molecule has 0 saturated carbocycles. The van der Waals surface area contributed by atoms with Crippen LogP contribution >= 0.6 is 11.6 Å². The Morgan fingerprint density at radius 2 is 2.36 bits per heavy atom. The molecule has 0 saturated heterocycles. The molecule has 0 aliphatic heterocycles. The average molecular weight is 211 g/mol. The quantitative estimate of drug-likeness (QED) is 0.777. The Morgan fingerprint density at radius 3 is 2.86 bits per heavy atom. The van der Waals surface area contributed by atoms with Crippen LogP contribution in [0.5, 0.6) is 0 Å². The molecule has 0 bridgehead atoms. The van der Waals surface area contributed by atoms with E-state index in [1.165, 1.54) is 6.20 Å². The normalized spacial score (nSPS) is 9.57. The molecule has 1 heterocycles. The number of rotatable bonds is 4. The minimum absolute atomic E-state index is 0.0262. The number of allylic oxidation sites excluding steroid dienone is 1. The van der Waals surface area contributed by atoms with Gasteiger partial charge >= 0.3 is 0 Å². The molecular weight excluding hydrogens is 200 g/mol. The van der Waals surface area contributed by atoms with Crippen molar-refractivity contribution < 1.29 is 4.79 Å². The molecule has 1 N–H and O–H groups in total. The van der Waals surface area contributed by atoms with Crippen LogP contribution in [0.4, 0.5) is 5.82 Å². The molecule has 1 rings (SSSR count). The second kappa shape index (κ2) is 4.77. The number of nitrogens with one attached hydrogen (secondary N) is 1. The molecule has 0 atom stereocenters. The van der Waals surface area contributed by atoms with Gasteiger partial charge in [0.1, 0.15) is 5.82 Å². The maximum absolute atomic E-state index is 11.2. The molecule has 0 aliphatic carbocycles. The van der Waals surface area contributed by atoms with E-state index in [1.54, 1.807) is 19.1 Å². The number of aromatic nitrogens is 1. The van der Waals surface area contributed by atoms with Crippen LogP contribution < -0.4 is 5.32 Å². The summed E-state index contributed by atoms with van der Waals surface area (Å²) >= 11 is 5.66. The number of carbonyl (C=O) groups excluding carboxylic acids is 1. The molecular formula is C10H11ClN2O. The summed E-state index contributed by atoms with van der Waals surface area (Å²) in [6.45, 7) is 5.39. The van der Waals surface area contributed by atoms with Gasteiger partial charge in [-0.3, -0.25) is 4.79 Å². The van der Waals surface area contributed by atoms with Gasteiger partial charge in [-0.25, -0.2) is 4.98 Å². The van der Waals surface area contributed by atoms with E-state index >= 15 is 0 Å². The number of ketones is 1. The van der Waals surface area contributed by atoms with Gasteiger partial charge in [-0.05, 0) is 12.1 Å². The molecule has 0 radical (unpaired) electrons. The minimum Gasteiger partial charge on any atom is -0.338 e. The van der Waals surface area contributed by atoms with Crippen molar-refractivity contribution in [2.45, 2.75) is 13.3 Å². The number of nitrogens with zero attached hydrogens (tertiary/aromatic N) is 1. The lowest BCUT2D eigenvalue weighted by Gasteiger charge is -2.05. The number of halogens is 1. The molecule has 0 aliphatic rings. The average Bonchev–Trinajstić information content (AvgIpc) is 2.20. The zero-order chi connectivity index (χ0) is 10.6. The monoisotopic (exact) mass is 210 g/mol. The lowest BCUT2D eigenvalue weighted by atomic mass is 10.2. The van der Waals surface area contributed by atoms with E-state index in [9.17, 15) is 4.79 Å². The fraction of sp³-hybridized carbons (Fsp3) is 0.200. The smallest absolute Gasteiger partial charge is 0.178 e. The van der Waals surface area contributed by atoms with E-state index in [0.717, 1.165) is 0 Å². The van der Waals surface area contributed by atoms with Crippen LogP contribution in [0.3, 0.4) is 0 Å². The fourth-order valence-electron chi connectivity index (χ4n) is 0.887. The van der Waals surface area contributed by atoms with E-state index < -0.39 is 0 Å². The van der Waals surface area contributed by atoms with Crippen LogP contribution in [0, 0.1) is 0 Å². The second-order valence-electron chi connectivity index (χ2n) is 2.74. The highest BCUT2D eigenvalue weighted by molar-refractivity contribution is 6.30. The lowest BCUT2D eigenvalue weighted by molar-refractivity contribution is -0.115. The van der Waals surface area contributed by atoms with Crippen LogP contribution in [0.25, 0.3) is 0 Å². The fourth-order valence-corrected chi connectivity index (χ4v) is 0.999. The highest BCUT2D eigenvalue weighted by Crippen LogP contribution is 2.11. The Hall–Kier alpha value is -1.35. The molecule has 1 aromatic heterocycles. The molecule has 74 valence electrons. The van der Waals surface area contributed by atoms with Crippen LogP contribution in [-0.4, -0.2) is 10.8 Å². The van der Waals surface area contributed by atoms with Crippen molar-refractivity contribution >= 4 is 23.2 Å². The highest BCUT2D eigenvalue weighted by atomic mass is 35.5. The van der Waals surface area contributed by atoms with E-state index in [4.69, 9.17) is 11.6 Å². The summed E-state index contributed by atoms with van der Waals surface area (Å²) in [5.41, 5.74) is 0.349. The van der Waals surface area contributed by atoms with Gasteiger partial charge in [0, 0.05) is 12.6 Å². The predicted molar refractivity (Wildman–Crippen MR) is 57.3 cm³/mol. The Kier molecular flexibility index (Phi) is 3.65. The maximum Gasteiger partial charge on any atom is 0.178 e. The first-order valence-corrected chi connectivity index (χ1v) is 4.62. The van der Waals surface area contributed by atoms with E-state index in [-0.39, 0.29) is 5.78 Å². The van der Waals surface area contributed by atoms with Gasteiger partial charge in [-0.1, -0.05) is 25.1 Å². The van der Waals surface area contributed by atoms with E-state index in [1.807, 2.05) is 0 Å². The number of anilines is 1. The summed E-state index contributed by atoms with van der Waals surface area (Å²) in [7, 11) is 0. The van der Waals surface area contributed by atoms with Gasteiger partial charge in [0.05, 0.1) is 10.7 Å². The van der Waals surface area contributed by atoms with Gasteiger partial charge in [0.15, 0.2) is 5.78 Å². The van der Waals surface area contributed by atoms with Crippen LogP contribution in [0.2, 0.25) is 5.02 Å². The summed E-state index contributed by atoms with van der Waals surface area (Å²) in [5.74, 6) is 0.544. The number of Topliss-reactive ketones (excluding diaryl/α,β-unsaturated/α-hetero) is 1. The van der Waals surface area contributed by atoms with Crippen LogP contribution in [-0.2, 0) is 4.79 Å². The third-order valence-corrected chi connectivity index (χ3v) is 1.89. The standard InChI is InChI=1S/C10H11ClN2O/c1-3-9(14)7(2)13-10-5-4-8(11)6-12-10/h4-6H,2-3H2,1H3,(H,12,13). The number of pyridine rings is 1. The van der Waals surface area contributed by atoms with Crippen molar-refractivity contribution in [1.29, 1.82) is 0 Å². The summed E-state index contributed by atoms with van der Waals surface area (Å²) in [6.07, 6.45) is 1.94. The molecule has 0 fully saturated rings. The topological polar surface area (TPSA) is 42.0 Å². The number of hydrogen-bond donors (Lipinski definition) is 1. The van der Waals surface area contributed by atoms with Crippen molar-refractivity contribution in [3.63, 3.8) is 0 Å². The Balaban J connectivity index is 2.65. The zero-order valence-electron chi connectivity index (χ0n) is 7.88. The molecule has 1 aromatic rings. The molecule has 14 heavy (non-hydrogen) atoms. The summed E-state index contributed by atoms with van der Waals surface area (Å²) < 4.78 is 0. The van der Waals surface area contributed by atoms with Gasteiger partial charge < -0.3 is 5.32 Å².